The van der Waals surface area contributed by atoms with Gasteiger partial charge in [0.1, 0.15) is 11.3 Å². The Morgan fingerprint density at radius 3 is 2.76 bits per heavy atom. The molecule has 0 unspecified atom stereocenters. The van der Waals surface area contributed by atoms with Gasteiger partial charge >= 0.3 is 5.97 Å². The molecule has 3 nitrogen and oxygen atoms in total. The molecule has 0 radical (unpaired) electrons. The van der Waals surface area contributed by atoms with Gasteiger partial charge in [0.2, 0.25) is 0 Å². The van der Waals surface area contributed by atoms with Crippen molar-refractivity contribution in [2.24, 2.45) is 0 Å². The van der Waals surface area contributed by atoms with Gasteiger partial charge in [-0.05, 0) is 52.7 Å². The number of phenols is 1. The lowest BCUT2D eigenvalue weighted by Gasteiger charge is -2.09. The van der Waals surface area contributed by atoms with Crippen molar-refractivity contribution < 1.29 is 14.6 Å². The lowest BCUT2D eigenvalue weighted by atomic mass is 10.1. The van der Waals surface area contributed by atoms with Crippen LogP contribution in [0, 0.1) is 0 Å². The number of hydrogen-bond acceptors (Lipinski definition) is 4. The Kier molecular flexibility index (Phi) is 5.45. The van der Waals surface area contributed by atoms with Crippen LogP contribution in [0.25, 0.3) is 12.2 Å². The molecule has 0 aliphatic rings. The lowest BCUT2D eigenvalue weighted by Crippen LogP contribution is -2.07. The number of ether oxygens (including phenoxy) is 1. The topological polar surface area (TPSA) is 46.5 Å². The molecule has 0 saturated heterocycles. The molecule has 1 N–H and O–H groups in total. The van der Waals surface area contributed by atoms with Crippen molar-refractivity contribution in [2.45, 2.75) is 6.92 Å². The third-order valence-electron chi connectivity index (χ3n) is 2.66. The maximum absolute atomic E-state index is 12.0. The summed E-state index contributed by atoms with van der Waals surface area (Å²) >= 11 is 10.5. The van der Waals surface area contributed by atoms with E-state index in [-0.39, 0.29) is 17.9 Å². The quantitative estimate of drug-likeness (QED) is 0.732. The van der Waals surface area contributed by atoms with Crippen molar-refractivity contribution in [3.63, 3.8) is 0 Å². The molecule has 0 aliphatic heterocycles. The Morgan fingerprint density at radius 2 is 2.14 bits per heavy atom. The largest absolute Gasteiger partial charge is 0.506 e. The summed E-state index contributed by atoms with van der Waals surface area (Å²) in [4.78, 5) is 13.0. The fourth-order valence-corrected chi connectivity index (χ4v) is 3.02. The molecule has 110 valence electrons. The molecule has 0 amide bonds. The zero-order valence-corrected chi connectivity index (χ0v) is 14.3. The maximum atomic E-state index is 12.0. The Balaban J connectivity index is 2.41. The summed E-state index contributed by atoms with van der Waals surface area (Å²) in [6, 6.07) is 7.10. The summed E-state index contributed by atoms with van der Waals surface area (Å²) in [5, 5.41) is 10.1. The fraction of sp³-hybridized carbons (Fsp3) is 0.133. The third kappa shape index (κ3) is 3.87. The van der Waals surface area contributed by atoms with Gasteiger partial charge in [-0.15, -0.1) is 11.3 Å². The molecule has 0 spiro atoms. The summed E-state index contributed by atoms with van der Waals surface area (Å²) in [7, 11) is 0. The van der Waals surface area contributed by atoms with Crippen LogP contribution in [0.5, 0.6) is 5.75 Å². The molecule has 1 aromatic heterocycles. The highest BCUT2D eigenvalue weighted by Crippen LogP contribution is 2.32. The van der Waals surface area contributed by atoms with Crippen molar-refractivity contribution in [1.82, 2.24) is 0 Å². The minimum atomic E-state index is -0.555. The van der Waals surface area contributed by atoms with Crippen molar-refractivity contribution in [2.75, 3.05) is 6.61 Å². The van der Waals surface area contributed by atoms with Crippen LogP contribution in [0.1, 0.15) is 27.7 Å². The molecular weight excluding hydrogens is 376 g/mol. The molecule has 1 aromatic carbocycles. The molecule has 0 aliphatic carbocycles. The standard InChI is InChI=1S/C15H12BrClO3S/c1-2-20-15(19)13-9(4-7-11(16)14(13)18)3-5-10-6-8-12(17)21-10/h3-8,18H,2H2,1H3/b5-3+. The maximum Gasteiger partial charge on any atom is 0.342 e. The first-order valence-electron chi connectivity index (χ1n) is 6.15. The Morgan fingerprint density at radius 1 is 1.38 bits per heavy atom. The second kappa shape index (κ2) is 7.11. The van der Waals surface area contributed by atoms with E-state index in [2.05, 4.69) is 15.9 Å². The van der Waals surface area contributed by atoms with Gasteiger partial charge in [-0.1, -0.05) is 23.7 Å². The number of carbonyl (C=O) groups is 1. The zero-order chi connectivity index (χ0) is 15.4. The van der Waals surface area contributed by atoms with Gasteiger partial charge in [0.25, 0.3) is 0 Å². The Labute approximate surface area is 140 Å². The van der Waals surface area contributed by atoms with E-state index < -0.39 is 5.97 Å². The van der Waals surface area contributed by atoms with Gasteiger partial charge in [0, 0.05) is 4.88 Å². The summed E-state index contributed by atoms with van der Waals surface area (Å²) in [5.41, 5.74) is 0.726. The second-order valence-electron chi connectivity index (χ2n) is 4.06. The number of benzene rings is 1. The first kappa shape index (κ1) is 16.1. The summed E-state index contributed by atoms with van der Waals surface area (Å²) in [6.07, 6.45) is 3.59. The highest BCUT2D eigenvalue weighted by molar-refractivity contribution is 9.10. The van der Waals surface area contributed by atoms with E-state index in [9.17, 15) is 9.90 Å². The zero-order valence-electron chi connectivity index (χ0n) is 11.1. The van der Waals surface area contributed by atoms with Crippen molar-refractivity contribution in [3.8, 4) is 5.75 Å². The van der Waals surface area contributed by atoms with Gasteiger partial charge in [0.15, 0.2) is 0 Å². The number of halogens is 2. The van der Waals surface area contributed by atoms with E-state index in [0.717, 1.165) is 4.88 Å². The van der Waals surface area contributed by atoms with Gasteiger partial charge < -0.3 is 9.84 Å². The average molecular weight is 388 g/mol. The number of esters is 1. The van der Waals surface area contributed by atoms with E-state index in [0.29, 0.717) is 14.4 Å². The molecule has 6 heteroatoms. The molecule has 21 heavy (non-hydrogen) atoms. The van der Waals surface area contributed by atoms with Crippen LogP contribution in [-0.4, -0.2) is 17.7 Å². The molecule has 2 rings (SSSR count). The summed E-state index contributed by atoms with van der Waals surface area (Å²) in [6.45, 7) is 1.96. The van der Waals surface area contributed by atoms with Crippen molar-refractivity contribution in [1.29, 1.82) is 0 Å². The lowest BCUT2D eigenvalue weighted by molar-refractivity contribution is 0.0522. The van der Waals surface area contributed by atoms with E-state index in [1.165, 1.54) is 11.3 Å². The van der Waals surface area contributed by atoms with Crippen LogP contribution in [0.15, 0.2) is 28.7 Å². The molecule has 0 bridgehead atoms. The fourth-order valence-electron chi connectivity index (χ4n) is 1.73. The molecule has 0 fully saturated rings. The third-order valence-corrected chi connectivity index (χ3v) is 4.50. The van der Waals surface area contributed by atoms with Crippen LogP contribution in [0.2, 0.25) is 4.34 Å². The van der Waals surface area contributed by atoms with Gasteiger partial charge in [-0.25, -0.2) is 4.79 Å². The average Bonchev–Trinajstić information content (AvgIpc) is 2.86. The van der Waals surface area contributed by atoms with Crippen LogP contribution < -0.4 is 0 Å². The summed E-state index contributed by atoms with van der Waals surface area (Å²) in [5.74, 6) is -0.681. The SMILES string of the molecule is CCOC(=O)c1c(/C=C/c2ccc(Cl)s2)ccc(Br)c1O. The predicted molar refractivity (Wildman–Crippen MR) is 90.0 cm³/mol. The Bertz CT molecular complexity index is 694. The van der Waals surface area contributed by atoms with Crippen LogP contribution in [-0.2, 0) is 4.74 Å². The monoisotopic (exact) mass is 386 g/mol. The van der Waals surface area contributed by atoms with E-state index >= 15 is 0 Å². The van der Waals surface area contributed by atoms with E-state index in [4.69, 9.17) is 16.3 Å². The number of phenolic OH excluding ortho intramolecular Hbond substituents is 1. The number of hydrogen-bond donors (Lipinski definition) is 1. The van der Waals surface area contributed by atoms with E-state index in [1.54, 1.807) is 31.2 Å². The second-order valence-corrected chi connectivity index (χ2v) is 6.66. The smallest absolute Gasteiger partial charge is 0.342 e. The number of aromatic hydroxyl groups is 1. The van der Waals surface area contributed by atoms with Crippen molar-refractivity contribution >= 4 is 57.0 Å². The molecule has 0 saturated carbocycles. The highest BCUT2D eigenvalue weighted by Gasteiger charge is 2.18. The predicted octanol–water partition coefficient (Wildman–Crippen LogP) is 5.22. The number of thiophene rings is 1. The van der Waals surface area contributed by atoms with Gasteiger partial charge in [0.05, 0.1) is 15.4 Å². The Hall–Kier alpha value is -1.30. The first-order chi connectivity index (χ1) is 10.0. The first-order valence-corrected chi connectivity index (χ1v) is 8.13. The minimum absolute atomic E-state index is 0.125. The molecule has 1 heterocycles. The van der Waals surface area contributed by atoms with E-state index in [1.807, 2.05) is 12.1 Å². The highest BCUT2D eigenvalue weighted by atomic mass is 79.9. The number of rotatable bonds is 4. The van der Waals surface area contributed by atoms with Gasteiger partial charge in [-0.2, -0.15) is 0 Å². The number of carbonyl (C=O) groups excluding carboxylic acids is 1. The minimum Gasteiger partial charge on any atom is -0.506 e. The normalized spacial score (nSPS) is 11.0. The summed E-state index contributed by atoms with van der Waals surface area (Å²) < 4.78 is 6.13. The molecular formula is C15H12BrClO3S. The van der Waals surface area contributed by atoms with Crippen LogP contribution in [0.3, 0.4) is 0 Å². The molecule has 2 aromatic rings. The molecule has 0 atom stereocenters. The van der Waals surface area contributed by atoms with Crippen molar-refractivity contribution in [3.05, 3.63) is 49.1 Å². The van der Waals surface area contributed by atoms with Gasteiger partial charge in [-0.3, -0.25) is 0 Å². The van der Waals surface area contributed by atoms with Crippen LogP contribution >= 0.6 is 38.9 Å². The van der Waals surface area contributed by atoms with Crippen LogP contribution in [0.4, 0.5) is 0 Å².